The normalized spacial score (nSPS) is 22.1. The van der Waals surface area contributed by atoms with Crippen LogP contribution >= 0.6 is 0 Å². The molecule has 1 saturated carbocycles. The number of hydrogen-bond acceptors (Lipinski definition) is 2. The van der Waals surface area contributed by atoms with Crippen LogP contribution in [0.2, 0.25) is 0 Å². The maximum atomic E-state index is 12.8. The van der Waals surface area contributed by atoms with Crippen molar-refractivity contribution >= 4 is 5.91 Å². The van der Waals surface area contributed by atoms with Crippen molar-refractivity contribution in [3.63, 3.8) is 0 Å². The first-order valence-corrected chi connectivity index (χ1v) is 5.50. The van der Waals surface area contributed by atoms with Gasteiger partial charge in [0.25, 0.3) is 0 Å². The molecule has 1 rings (SSSR count). The molecule has 0 aromatic rings. The van der Waals surface area contributed by atoms with Crippen molar-refractivity contribution in [2.75, 3.05) is 0 Å². The van der Waals surface area contributed by atoms with Gasteiger partial charge in [0, 0.05) is 24.8 Å². The van der Waals surface area contributed by atoms with Gasteiger partial charge in [-0.1, -0.05) is 0 Å². The minimum Gasteiger partial charge on any atom is -0.352 e. The topological polar surface area (TPSA) is 52.9 Å². The molecule has 0 radical (unpaired) electrons. The summed E-state index contributed by atoms with van der Waals surface area (Å²) in [6, 6.07) is 1.75. The molecule has 1 fully saturated rings. The van der Waals surface area contributed by atoms with Crippen LogP contribution in [0.5, 0.6) is 0 Å². The van der Waals surface area contributed by atoms with E-state index < -0.39 is 5.92 Å². The van der Waals surface area contributed by atoms with E-state index in [0.29, 0.717) is 0 Å². The molecule has 1 atom stereocenters. The SMILES string of the molecule is CC(CC#N)NC(=O)C1CCC(F)(F)CC1. The van der Waals surface area contributed by atoms with E-state index in [2.05, 4.69) is 5.32 Å². The maximum Gasteiger partial charge on any atom is 0.248 e. The predicted molar refractivity (Wildman–Crippen MR) is 54.7 cm³/mol. The lowest BCUT2D eigenvalue weighted by molar-refractivity contribution is -0.129. The number of alkyl halides is 2. The Labute approximate surface area is 93.8 Å². The fourth-order valence-electron chi connectivity index (χ4n) is 1.85. The number of rotatable bonds is 3. The van der Waals surface area contributed by atoms with Gasteiger partial charge in [-0.2, -0.15) is 5.26 Å². The lowest BCUT2D eigenvalue weighted by atomic mass is 9.86. The molecule has 0 aliphatic heterocycles. The van der Waals surface area contributed by atoms with Gasteiger partial charge in [-0.3, -0.25) is 4.79 Å². The minimum atomic E-state index is -2.60. The monoisotopic (exact) mass is 230 g/mol. The first-order chi connectivity index (χ1) is 7.44. The Bertz CT molecular complexity index is 289. The van der Waals surface area contributed by atoms with Gasteiger partial charge in [-0.15, -0.1) is 0 Å². The van der Waals surface area contributed by atoms with Crippen LogP contribution in [0, 0.1) is 17.2 Å². The van der Waals surface area contributed by atoms with Crippen molar-refractivity contribution < 1.29 is 13.6 Å². The van der Waals surface area contributed by atoms with Gasteiger partial charge in [-0.05, 0) is 19.8 Å². The Morgan fingerprint density at radius 2 is 2.12 bits per heavy atom. The van der Waals surface area contributed by atoms with E-state index >= 15 is 0 Å². The second-order valence-corrected chi connectivity index (χ2v) is 4.40. The average Bonchev–Trinajstić information content (AvgIpc) is 2.17. The number of nitriles is 1. The summed E-state index contributed by atoms with van der Waals surface area (Å²) in [4.78, 5) is 11.6. The van der Waals surface area contributed by atoms with E-state index in [-0.39, 0.29) is 50.0 Å². The maximum absolute atomic E-state index is 12.8. The van der Waals surface area contributed by atoms with Crippen molar-refractivity contribution in [3.05, 3.63) is 0 Å². The molecule has 5 heteroatoms. The number of nitrogens with one attached hydrogen (secondary N) is 1. The number of halogens is 2. The minimum absolute atomic E-state index is 0.196. The smallest absolute Gasteiger partial charge is 0.248 e. The van der Waals surface area contributed by atoms with Crippen molar-refractivity contribution in [2.45, 2.75) is 51.0 Å². The fraction of sp³-hybridized carbons (Fsp3) is 0.818. The van der Waals surface area contributed by atoms with Crippen molar-refractivity contribution in [2.24, 2.45) is 5.92 Å². The Kier molecular flexibility index (Phi) is 4.22. The summed E-state index contributed by atoms with van der Waals surface area (Å²) < 4.78 is 25.7. The molecule has 1 aliphatic carbocycles. The number of amides is 1. The molecular formula is C11H16F2N2O. The highest BCUT2D eigenvalue weighted by atomic mass is 19.3. The summed E-state index contributed by atoms with van der Waals surface area (Å²) in [7, 11) is 0. The third-order valence-corrected chi connectivity index (χ3v) is 2.87. The summed E-state index contributed by atoms with van der Waals surface area (Å²) in [5.74, 6) is -3.12. The van der Waals surface area contributed by atoms with Crippen LogP contribution in [0.4, 0.5) is 8.78 Å². The van der Waals surface area contributed by atoms with Crippen LogP contribution in [-0.4, -0.2) is 17.9 Å². The van der Waals surface area contributed by atoms with Gasteiger partial charge in [0.05, 0.1) is 12.5 Å². The second-order valence-electron chi connectivity index (χ2n) is 4.40. The quantitative estimate of drug-likeness (QED) is 0.808. The van der Waals surface area contributed by atoms with Crippen LogP contribution in [0.1, 0.15) is 39.0 Å². The largest absolute Gasteiger partial charge is 0.352 e. The van der Waals surface area contributed by atoms with E-state index in [9.17, 15) is 13.6 Å². The van der Waals surface area contributed by atoms with Crippen molar-refractivity contribution in [1.29, 1.82) is 5.26 Å². The molecule has 1 unspecified atom stereocenters. The predicted octanol–water partition coefficient (Wildman–Crippen LogP) is 2.23. The molecule has 16 heavy (non-hydrogen) atoms. The summed E-state index contributed by atoms with van der Waals surface area (Å²) in [5, 5.41) is 11.1. The third kappa shape index (κ3) is 3.76. The standard InChI is InChI=1S/C11H16F2N2O/c1-8(4-7-14)15-10(16)9-2-5-11(12,13)6-3-9/h8-9H,2-6H2,1H3,(H,15,16). The Balaban J connectivity index is 2.37. The zero-order valence-electron chi connectivity index (χ0n) is 9.30. The summed E-state index contributed by atoms with van der Waals surface area (Å²) >= 11 is 0. The third-order valence-electron chi connectivity index (χ3n) is 2.87. The highest BCUT2D eigenvalue weighted by Crippen LogP contribution is 2.36. The summed E-state index contributed by atoms with van der Waals surface area (Å²) in [5.41, 5.74) is 0. The molecule has 0 saturated heterocycles. The molecule has 90 valence electrons. The molecule has 1 aliphatic rings. The van der Waals surface area contributed by atoms with E-state index in [1.54, 1.807) is 6.92 Å². The van der Waals surface area contributed by atoms with Gasteiger partial charge in [-0.25, -0.2) is 8.78 Å². The lowest BCUT2D eigenvalue weighted by Crippen LogP contribution is -2.40. The number of carbonyl (C=O) groups excluding carboxylic acids is 1. The van der Waals surface area contributed by atoms with E-state index in [4.69, 9.17) is 5.26 Å². The number of carbonyl (C=O) groups is 1. The lowest BCUT2D eigenvalue weighted by Gasteiger charge is -2.28. The van der Waals surface area contributed by atoms with Crippen LogP contribution in [0.15, 0.2) is 0 Å². The number of hydrogen-bond donors (Lipinski definition) is 1. The molecule has 1 N–H and O–H groups in total. The van der Waals surface area contributed by atoms with Crippen LogP contribution in [0.3, 0.4) is 0 Å². The van der Waals surface area contributed by atoms with Crippen molar-refractivity contribution in [1.82, 2.24) is 5.32 Å². The molecule has 0 aromatic heterocycles. The Hall–Kier alpha value is -1.18. The molecular weight excluding hydrogens is 214 g/mol. The van der Waals surface area contributed by atoms with E-state index in [1.807, 2.05) is 6.07 Å². The second kappa shape index (κ2) is 5.24. The van der Waals surface area contributed by atoms with Gasteiger partial charge in [0.2, 0.25) is 11.8 Å². The van der Waals surface area contributed by atoms with Crippen LogP contribution < -0.4 is 5.32 Å². The van der Waals surface area contributed by atoms with Gasteiger partial charge in [0.1, 0.15) is 0 Å². The molecule has 0 heterocycles. The number of nitrogens with zero attached hydrogens (tertiary/aromatic N) is 1. The highest BCUT2D eigenvalue weighted by molar-refractivity contribution is 5.79. The van der Waals surface area contributed by atoms with Gasteiger partial charge >= 0.3 is 0 Å². The van der Waals surface area contributed by atoms with E-state index in [1.165, 1.54) is 0 Å². The average molecular weight is 230 g/mol. The molecule has 1 amide bonds. The highest BCUT2D eigenvalue weighted by Gasteiger charge is 2.37. The van der Waals surface area contributed by atoms with Gasteiger partial charge < -0.3 is 5.32 Å². The molecule has 3 nitrogen and oxygen atoms in total. The summed E-state index contributed by atoms with van der Waals surface area (Å²) in [6.07, 6.45) is 0.292. The first-order valence-electron chi connectivity index (χ1n) is 5.50. The molecule has 0 aromatic carbocycles. The van der Waals surface area contributed by atoms with Crippen LogP contribution in [-0.2, 0) is 4.79 Å². The van der Waals surface area contributed by atoms with Crippen LogP contribution in [0.25, 0.3) is 0 Å². The molecule has 0 spiro atoms. The zero-order valence-corrected chi connectivity index (χ0v) is 9.30. The summed E-state index contributed by atoms with van der Waals surface area (Å²) in [6.45, 7) is 1.73. The Morgan fingerprint density at radius 3 is 2.62 bits per heavy atom. The van der Waals surface area contributed by atoms with Gasteiger partial charge in [0.15, 0.2) is 0 Å². The molecule has 0 bridgehead atoms. The van der Waals surface area contributed by atoms with E-state index in [0.717, 1.165) is 0 Å². The Morgan fingerprint density at radius 1 is 1.56 bits per heavy atom. The zero-order chi connectivity index (χ0) is 12.2. The van der Waals surface area contributed by atoms with Crippen molar-refractivity contribution in [3.8, 4) is 6.07 Å². The fourth-order valence-corrected chi connectivity index (χ4v) is 1.85. The first kappa shape index (κ1) is 12.9.